The number of benzene rings is 1. The number of nitrogens with one attached hydrogen (secondary N) is 3. The number of carbonyl (C=O) groups excluding carboxylic acids is 1. The molecule has 150 valence electrons. The van der Waals surface area contributed by atoms with Gasteiger partial charge >= 0.3 is 5.69 Å². The van der Waals surface area contributed by atoms with E-state index in [2.05, 4.69) is 25.4 Å². The number of nitrogens with zero attached hydrogens (tertiary/aromatic N) is 2. The molecule has 1 aromatic carbocycles. The molecule has 0 saturated carbocycles. The molecule has 0 aliphatic carbocycles. The lowest BCUT2D eigenvalue weighted by atomic mass is 10.1. The van der Waals surface area contributed by atoms with Gasteiger partial charge in [0.15, 0.2) is 0 Å². The van der Waals surface area contributed by atoms with Gasteiger partial charge in [0.25, 0.3) is 11.6 Å². The molecular formula is C21H17N5O4. The third-order valence-electron chi connectivity index (χ3n) is 4.95. The number of pyridine rings is 1. The van der Waals surface area contributed by atoms with E-state index in [-0.39, 0.29) is 17.3 Å². The molecule has 1 amide bonds. The van der Waals surface area contributed by atoms with Crippen molar-refractivity contribution < 1.29 is 13.7 Å². The van der Waals surface area contributed by atoms with Crippen LogP contribution in [0.25, 0.3) is 33.4 Å². The van der Waals surface area contributed by atoms with Gasteiger partial charge in [-0.2, -0.15) is 0 Å². The van der Waals surface area contributed by atoms with Gasteiger partial charge in [0.1, 0.15) is 11.5 Å². The van der Waals surface area contributed by atoms with Crippen molar-refractivity contribution in [2.24, 2.45) is 0 Å². The number of carbonyl (C=O) groups is 1. The number of aromatic nitrogens is 4. The van der Waals surface area contributed by atoms with Crippen LogP contribution in [0.2, 0.25) is 0 Å². The Labute approximate surface area is 169 Å². The minimum absolute atomic E-state index is 0.277. The summed E-state index contributed by atoms with van der Waals surface area (Å²) < 4.78 is 10.9. The molecule has 0 saturated heterocycles. The van der Waals surface area contributed by atoms with Crippen LogP contribution in [0.3, 0.4) is 0 Å². The lowest BCUT2D eigenvalue weighted by molar-refractivity contribution is 0.102. The number of hydrogen-bond donors (Lipinski definition) is 3. The van der Waals surface area contributed by atoms with Crippen LogP contribution in [-0.2, 0) is 0 Å². The molecule has 0 atom stereocenters. The molecule has 4 heterocycles. The molecule has 0 spiro atoms. The van der Waals surface area contributed by atoms with E-state index in [1.807, 2.05) is 19.9 Å². The fraction of sp³-hybridized carbons (Fsp3) is 0.143. The quantitative estimate of drug-likeness (QED) is 0.420. The van der Waals surface area contributed by atoms with Gasteiger partial charge in [-0.15, -0.1) is 0 Å². The summed E-state index contributed by atoms with van der Waals surface area (Å²) >= 11 is 0. The van der Waals surface area contributed by atoms with Gasteiger partial charge in [-0.05, 0) is 51.1 Å². The number of hydrogen-bond acceptors (Lipinski definition) is 6. The zero-order valence-electron chi connectivity index (χ0n) is 16.4. The first kappa shape index (κ1) is 17.9. The number of H-pyrrole nitrogens is 2. The van der Waals surface area contributed by atoms with Crippen LogP contribution in [0.5, 0.6) is 0 Å². The first-order valence-corrected chi connectivity index (χ1v) is 9.27. The highest BCUT2D eigenvalue weighted by Crippen LogP contribution is 2.31. The van der Waals surface area contributed by atoms with Crippen LogP contribution in [0.15, 0.2) is 44.1 Å². The van der Waals surface area contributed by atoms with Gasteiger partial charge in [0, 0.05) is 11.3 Å². The Morgan fingerprint density at radius 1 is 1.07 bits per heavy atom. The smallest absolute Gasteiger partial charge is 0.323 e. The zero-order valence-corrected chi connectivity index (χ0v) is 16.4. The van der Waals surface area contributed by atoms with Gasteiger partial charge in [-0.3, -0.25) is 4.79 Å². The minimum Gasteiger partial charge on any atom is -0.466 e. The Balaban J connectivity index is 1.60. The number of fused-ring (bicyclic) bond motifs is 2. The van der Waals surface area contributed by atoms with Gasteiger partial charge < -0.3 is 24.2 Å². The first-order valence-electron chi connectivity index (χ1n) is 9.27. The molecule has 0 radical (unpaired) electrons. The Morgan fingerprint density at radius 3 is 2.63 bits per heavy atom. The number of imidazole rings is 1. The van der Waals surface area contributed by atoms with Crippen LogP contribution in [0.1, 0.15) is 27.6 Å². The minimum atomic E-state index is -0.343. The molecule has 5 rings (SSSR count). The maximum Gasteiger partial charge on any atom is 0.323 e. The molecule has 0 unspecified atom stereocenters. The van der Waals surface area contributed by atoms with Crippen molar-refractivity contribution >= 4 is 33.7 Å². The Morgan fingerprint density at radius 2 is 1.87 bits per heavy atom. The normalized spacial score (nSPS) is 11.4. The average molecular weight is 403 g/mol. The molecule has 9 heteroatoms. The number of furan rings is 1. The van der Waals surface area contributed by atoms with Gasteiger partial charge in [0.2, 0.25) is 0 Å². The molecule has 0 bridgehead atoms. The predicted molar refractivity (Wildman–Crippen MR) is 111 cm³/mol. The molecule has 0 aliphatic heterocycles. The van der Waals surface area contributed by atoms with E-state index in [1.54, 1.807) is 31.2 Å². The van der Waals surface area contributed by atoms with Crippen molar-refractivity contribution in [3.63, 3.8) is 0 Å². The predicted octanol–water partition coefficient (Wildman–Crippen LogP) is 3.83. The summed E-state index contributed by atoms with van der Waals surface area (Å²) in [4.78, 5) is 34.5. The third-order valence-corrected chi connectivity index (χ3v) is 4.95. The lowest BCUT2D eigenvalue weighted by Crippen LogP contribution is -2.13. The highest BCUT2D eigenvalue weighted by molar-refractivity contribution is 6.13. The maximum absolute atomic E-state index is 13.2. The number of rotatable bonds is 3. The second-order valence-corrected chi connectivity index (χ2v) is 7.12. The van der Waals surface area contributed by atoms with E-state index in [4.69, 9.17) is 8.94 Å². The fourth-order valence-corrected chi connectivity index (χ4v) is 3.61. The molecule has 0 fully saturated rings. The summed E-state index contributed by atoms with van der Waals surface area (Å²) in [7, 11) is 0. The van der Waals surface area contributed by atoms with Crippen LogP contribution < -0.4 is 11.0 Å². The number of anilines is 1. The Bertz CT molecular complexity index is 1500. The SMILES string of the molecule is Cc1cc(-c2cc(C(=O)Nc3ccc4[nH]c(=O)[nH]c4c3)c3c(C)noc3n2)c(C)o1. The van der Waals surface area contributed by atoms with Crippen molar-refractivity contribution in [1.82, 2.24) is 20.1 Å². The highest BCUT2D eigenvalue weighted by atomic mass is 16.5. The molecule has 5 aromatic rings. The van der Waals surface area contributed by atoms with E-state index in [9.17, 15) is 9.59 Å². The number of aromatic amines is 2. The van der Waals surface area contributed by atoms with Crippen molar-refractivity contribution in [3.8, 4) is 11.3 Å². The molecular weight excluding hydrogens is 386 g/mol. The van der Waals surface area contributed by atoms with Crippen molar-refractivity contribution in [2.45, 2.75) is 20.8 Å². The Hall–Kier alpha value is -4.14. The van der Waals surface area contributed by atoms with Crippen molar-refractivity contribution in [1.29, 1.82) is 0 Å². The second-order valence-electron chi connectivity index (χ2n) is 7.12. The fourth-order valence-electron chi connectivity index (χ4n) is 3.61. The van der Waals surface area contributed by atoms with Crippen LogP contribution in [0.4, 0.5) is 5.69 Å². The summed E-state index contributed by atoms with van der Waals surface area (Å²) in [5.74, 6) is 1.10. The van der Waals surface area contributed by atoms with Gasteiger partial charge in [-0.1, -0.05) is 5.16 Å². The summed E-state index contributed by atoms with van der Waals surface area (Å²) in [5, 5.41) is 7.39. The molecule has 0 aliphatic rings. The number of amides is 1. The standard InChI is InChI=1S/C21H17N5O4/c1-9-6-13(11(3)29-9)16-8-14(18-10(2)26-30-20(18)23-16)19(27)22-12-4-5-15-17(7-12)25-21(28)24-15/h4-8H,1-3H3,(H,22,27)(H2,24,25,28). The van der Waals surface area contributed by atoms with Crippen LogP contribution in [0, 0.1) is 20.8 Å². The van der Waals surface area contributed by atoms with Crippen LogP contribution in [-0.4, -0.2) is 26.0 Å². The highest BCUT2D eigenvalue weighted by Gasteiger charge is 2.21. The second kappa shape index (κ2) is 6.45. The van der Waals surface area contributed by atoms with E-state index in [1.165, 1.54) is 0 Å². The summed E-state index contributed by atoms with van der Waals surface area (Å²) in [5.41, 5.74) is 4.07. The van der Waals surface area contributed by atoms with E-state index < -0.39 is 0 Å². The zero-order chi connectivity index (χ0) is 21.0. The largest absolute Gasteiger partial charge is 0.466 e. The van der Waals surface area contributed by atoms with E-state index >= 15 is 0 Å². The van der Waals surface area contributed by atoms with Gasteiger partial charge in [-0.25, -0.2) is 9.78 Å². The summed E-state index contributed by atoms with van der Waals surface area (Å²) in [6, 6.07) is 8.70. The third kappa shape index (κ3) is 2.87. The van der Waals surface area contributed by atoms with E-state index in [0.717, 1.165) is 11.3 Å². The first-order chi connectivity index (χ1) is 14.4. The Kier molecular flexibility index (Phi) is 3.85. The van der Waals surface area contributed by atoms with Crippen molar-refractivity contribution in [3.05, 3.63) is 63.6 Å². The topological polar surface area (TPSA) is 130 Å². The average Bonchev–Trinajstić information content (AvgIpc) is 3.36. The molecule has 3 N–H and O–H groups in total. The molecule has 9 nitrogen and oxygen atoms in total. The summed E-state index contributed by atoms with van der Waals surface area (Å²) in [6.07, 6.45) is 0. The van der Waals surface area contributed by atoms with E-state index in [0.29, 0.717) is 44.8 Å². The maximum atomic E-state index is 13.2. The lowest BCUT2D eigenvalue weighted by Gasteiger charge is -2.08. The summed E-state index contributed by atoms with van der Waals surface area (Å²) in [6.45, 7) is 5.45. The number of aryl methyl sites for hydroxylation is 3. The molecule has 30 heavy (non-hydrogen) atoms. The van der Waals surface area contributed by atoms with Gasteiger partial charge in [0.05, 0.1) is 33.4 Å². The van der Waals surface area contributed by atoms with Crippen molar-refractivity contribution in [2.75, 3.05) is 5.32 Å². The monoisotopic (exact) mass is 403 g/mol. The molecule has 4 aromatic heterocycles. The van der Waals surface area contributed by atoms with Crippen LogP contribution >= 0.6 is 0 Å².